The first-order chi connectivity index (χ1) is 13.7. The van der Waals surface area contributed by atoms with Crippen LogP contribution >= 0.6 is 11.3 Å². The average Bonchev–Trinajstić information content (AvgIpc) is 3.28. The summed E-state index contributed by atoms with van der Waals surface area (Å²) in [5.74, 6) is 0.769. The number of benzene rings is 2. The predicted molar refractivity (Wildman–Crippen MR) is 112 cm³/mol. The molecule has 4 rings (SSSR count). The molecule has 0 aliphatic heterocycles. The minimum atomic E-state index is -0.0464. The fourth-order valence-electron chi connectivity index (χ4n) is 3.11. The highest BCUT2D eigenvalue weighted by Gasteiger charge is 2.17. The number of aromatic nitrogens is 2. The number of nitrogens with zero attached hydrogens (tertiary/aromatic N) is 2. The molecule has 2 aromatic carbocycles. The minimum absolute atomic E-state index is 0.0464. The molecule has 0 saturated heterocycles. The van der Waals surface area contributed by atoms with E-state index in [4.69, 9.17) is 9.72 Å². The molecule has 5 nitrogen and oxygen atoms in total. The number of thiazole rings is 1. The van der Waals surface area contributed by atoms with Crippen LogP contribution in [0.5, 0.6) is 5.75 Å². The summed E-state index contributed by atoms with van der Waals surface area (Å²) in [5.41, 5.74) is 4.02. The highest BCUT2D eigenvalue weighted by atomic mass is 32.1. The Morgan fingerprint density at radius 3 is 2.57 bits per heavy atom. The average molecular weight is 391 g/mol. The highest BCUT2D eigenvalue weighted by molar-refractivity contribution is 7.19. The number of ether oxygens (including phenoxy) is 1. The van der Waals surface area contributed by atoms with Crippen molar-refractivity contribution < 1.29 is 9.53 Å². The van der Waals surface area contributed by atoms with Gasteiger partial charge in [-0.3, -0.25) is 9.20 Å². The van der Waals surface area contributed by atoms with E-state index in [1.807, 2.05) is 60.0 Å². The Balaban J connectivity index is 1.48. The third-order valence-corrected chi connectivity index (χ3v) is 5.85. The van der Waals surface area contributed by atoms with Crippen LogP contribution in [0.4, 0.5) is 0 Å². The van der Waals surface area contributed by atoms with Gasteiger partial charge in [0.15, 0.2) is 4.96 Å². The number of rotatable bonds is 6. The van der Waals surface area contributed by atoms with Gasteiger partial charge >= 0.3 is 0 Å². The van der Waals surface area contributed by atoms with E-state index in [1.54, 1.807) is 7.11 Å². The first kappa shape index (κ1) is 18.3. The molecule has 0 saturated carbocycles. The van der Waals surface area contributed by atoms with E-state index in [0.717, 1.165) is 34.1 Å². The maximum atomic E-state index is 12.6. The van der Waals surface area contributed by atoms with Crippen molar-refractivity contribution in [1.29, 1.82) is 0 Å². The molecule has 2 heterocycles. The summed E-state index contributed by atoms with van der Waals surface area (Å²) in [7, 11) is 1.65. The van der Waals surface area contributed by atoms with Crippen molar-refractivity contribution in [2.75, 3.05) is 13.7 Å². The normalized spacial score (nSPS) is 10.9. The zero-order chi connectivity index (χ0) is 19.5. The molecule has 0 unspecified atom stereocenters. The molecule has 6 heteroatoms. The fraction of sp³-hybridized carbons (Fsp3) is 0.182. The van der Waals surface area contributed by atoms with Crippen molar-refractivity contribution in [2.45, 2.75) is 13.3 Å². The SMILES string of the molecule is COc1ccc(-c2cn3c(C)c(C(=O)NCCc4ccccc4)sc3n2)cc1. The second-order valence-corrected chi connectivity index (χ2v) is 7.49. The van der Waals surface area contributed by atoms with E-state index in [9.17, 15) is 4.79 Å². The van der Waals surface area contributed by atoms with Crippen molar-refractivity contribution in [2.24, 2.45) is 0 Å². The lowest BCUT2D eigenvalue weighted by Gasteiger charge is -2.04. The summed E-state index contributed by atoms with van der Waals surface area (Å²) in [5, 5.41) is 3.01. The molecule has 28 heavy (non-hydrogen) atoms. The van der Waals surface area contributed by atoms with Crippen LogP contribution in [0, 0.1) is 6.92 Å². The van der Waals surface area contributed by atoms with Crippen LogP contribution in [0.25, 0.3) is 16.2 Å². The van der Waals surface area contributed by atoms with Gasteiger partial charge in [0.25, 0.3) is 5.91 Å². The third-order valence-electron chi connectivity index (χ3n) is 4.69. The van der Waals surface area contributed by atoms with Gasteiger partial charge in [-0.1, -0.05) is 41.7 Å². The summed E-state index contributed by atoms with van der Waals surface area (Å²) in [6.45, 7) is 2.56. The summed E-state index contributed by atoms with van der Waals surface area (Å²) < 4.78 is 7.19. The van der Waals surface area contributed by atoms with Gasteiger partial charge in [-0.2, -0.15) is 0 Å². The first-order valence-electron chi connectivity index (χ1n) is 9.11. The van der Waals surface area contributed by atoms with Crippen molar-refractivity contribution in [1.82, 2.24) is 14.7 Å². The lowest BCUT2D eigenvalue weighted by molar-refractivity contribution is 0.0957. The number of methoxy groups -OCH3 is 1. The summed E-state index contributed by atoms with van der Waals surface area (Å²) in [4.78, 5) is 18.8. The molecule has 0 atom stereocenters. The largest absolute Gasteiger partial charge is 0.497 e. The van der Waals surface area contributed by atoms with Gasteiger partial charge in [-0.05, 0) is 43.2 Å². The zero-order valence-electron chi connectivity index (χ0n) is 15.8. The number of carbonyl (C=O) groups excluding carboxylic acids is 1. The number of amides is 1. The maximum Gasteiger partial charge on any atom is 0.263 e. The van der Waals surface area contributed by atoms with Gasteiger partial charge in [-0.15, -0.1) is 0 Å². The van der Waals surface area contributed by atoms with Crippen molar-refractivity contribution in [3.05, 3.63) is 76.9 Å². The molecule has 1 amide bonds. The molecular formula is C22H21N3O2S. The second kappa shape index (κ2) is 7.86. The van der Waals surface area contributed by atoms with Crippen molar-refractivity contribution >= 4 is 22.2 Å². The number of aryl methyl sites for hydroxylation is 1. The third kappa shape index (κ3) is 3.64. The molecule has 2 aromatic heterocycles. The number of imidazole rings is 1. The van der Waals surface area contributed by atoms with Crippen LogP contribution in [0.2, 0.25) is 0 Å². The number of hydrogen-bond donors (Lipinski definition) is 1. The van der Waals surface area contributed by atoms with E-state index in [0.29, 0.717) is 11.4 Å². The Labute approximate surface area is 167 Å². The van der Waals surface area contributed by atoms with Crippen molar-refractivity contribution in [3.8, 4) is 17.0 Å². The molecule has 142 valence electrons. The van der Waals surface area contributed by atoms with Gasteiger partial charge < -0.3 is 10.1 Å². The summed E-state index contributed by atoms with van der Waals surface area (Å²) >= 11 is 1.42. The molecule has 1 N–H and O–H groups in total. The van der Waals surface area contributed by atoms with E-state index < -0.39 is 0 Å². The van der Waals surface area contributed by atoms with E-state index >= 15 is 0 Å². The topological polar surface area (TPSA) is 55.6 Å². The van der Waals surface area contributed by atoms with Crippen LogP contribution in [0.3, 0.4) is 0 Å². The molecule has 0 aliphatic carbocycles. The molecular weight excluding hydrogens is 370 g/mol. The maximum absolute atomic E-state index is 12.6. The monoisotopic (exact) mass is 391 g/mol. The van der Waals surface area contributed by atoms with Gasteiger partial charge in [0.2, 0.25) is 0 Å². The molecule has 0 fully saturated rings. The van der Waals surface area contributed by atoms with Gasteiger partial charge in [0, 0.05) is 24.0 Å². The number of fused-ring (bicyclic) bond motifs is 1. The smallest absolute Gasteiger partial charge is 0.263 e. The first-order valence-corrected chi connectivity index (χ1v) is 9.92. The molecule has 0 bridgehead atoms. The van der Waals surface area contributed by atoms with E-state index in [-0.39, 0.29) is 5.91 Å². The van der Waals surface area contributed by atoms with E-state index in [1.165, 1.54) is 16.9 Å². The van der Waals surface area contributed by atoms with Gasteiger partial charge in [-0.25, -0.2) is 4.98 Å². The Bertz CT molecular complexity index is 1100. The molecule has 0 radical (unpaired) electrons. The van der Waals surface area contributed by atoms with Gasteiger partial charge in [0.05, 0.1) is 12.8 Å². The number of hydrogen-bond acceptors (Lipinski definition) is 4. The van der Waals surface area contributed by atoms with Crippen LogP contribution in [-0.2, 0) is 6.42 Å². The van der Waals surface area contributed by atoms with Crippen LogP contribution < -0.4 is 10.1 Å². The highest BCUT2D eigenvalue weighted by Crippen LogP contribution is 2.28. The molecule has 0 spiro atoms. The summed E-state index contributed by atoms with van der Waals surface area (Å²) in [6, 6.07) is 18.0. The lowest BCUT2D eigenvalue weighted by Crippen LogP contribution is -2.25. The van der Waals surface area contributed by atoms with E-state index in [2.05, 4.69) is 17.4 Å². The van der Waals surface area contributed by atoms with Gasteiger partial charge in [0.1, 0.15) is 10.6 Å². The Morgan fingerprint density at radius 2 is 1.89 bits per heavy atom. The lowest BCUT2D eigenvalue weighted by atomic mass is 10.1. The Morgan fingerprint density at radius 1 is 1.14 bits per heavy atom. The standard InChI is InChI=1S/C22H21N3O2S/c1-15-20(21(26)23-13-12-16-6-4-3-5-7-16)28-22-24-19(14-25(15)22)17-8-10-18(27-2)11-9-17/h3-11,14H,12-13H2,1-2H3,(H,23,26). The molecule has 0 aliphatic rings. The van der Waals surface area contributed by atoms with Crippen molar-refractivity contribution in [3.63, 3.8) is 0 Å². The Kier molecular flexibility index (Phi) is 5.12. The summed E-state index contributed by atoms with van der Waals surface area (Å²) in [6.07, 6.45) is 2.79. The van der Waals surface area contributed by atoms with Crippen LogP contribution in [0.1, 0.15) is 20.9 Å². The second-order valence-electron chi connectivity index (χ2n) is 6.52. The Hall–Kier alpha value is -3.12. The quantitative estimate of drug-likeness (QED) is 0.532. The number of nitrogens with one attached hydrogen (secondary N) is 1. The predicted octanol–water partition coefficient (Wildman–Crippen LogP) is 4.35. The minimum Gasteiger partial charge on any atom is -0.497 e. The van der Waals surface area contributed by atoms with Crippen LogP contribution in [0.15, 0.2) is 60.8 Å². The fourth-order valence-corrected chi connectivity index (χ4v) is 4.13. The molecule has 4 aromatic rings. The zero-order valence-corrected chi connectivity index (χ0v) is 16.6. The number of carbonyl (C=O) groups is 1. The van der Waals surface area contributed by atoms with Crippen LogP contribution in [-0.4, -0.2) is 28.9 Å².